The van der Waals surface area contributed by atoms with Crippen molar-refractivity contribution in [3.63, 3.8) is 0 Å². The summed E-state index contributed by atoms with van der Waals surface area (Å²) in [6, 6.07) is 3.86. The van der Waals surface area contributed by atoms with Gasteiger partial charge in [-0.3, -0.25) is 4.79 Å². The minimum atomic E-state index is 0.0587. The maximum absolute atomic E-state index is 11.2. The molecule has 0 saturated carbocycles. The summed E-state index contributed by atoms with van der Waals surface area (Å²) in [5, 5.41) is 2.83. The van der Waals surface area contributed by atoms with Crippen LogP contribution >= 0.6 is 0 Å². The van der Waals surface area contributed by atoms with E-state index >= 15 is 0 Å². The van der Waals surface area contributed by atoms with Crippen LogP contribution in [0, 0.1) is 6.92 Å². The van der Waals surface area contributed by atoms with E-state index in [-0.39, 0.29) is 5.91 Å². The van der Waals surface area contributed by atoms with Crippen LogP contribution in [0.25, 0.3) is 0 Å². The third-order valence-electron chi connectivity index (χ3n) is 2.83. The lowest BCUT2D eigenvalue weighted by Crippen LogP contribution is -2.20. The second-order valence-corrected chi connectivity index (χ2v) is 3.81. The molecule has 1 aliphatic rings. The lowest BCUT2D eigenvalue weighted by Gasteiger charge is -2.20. The minimum Gasteiger partial charge on any atom is -0.326 e. The van der Waals surface area contributed by atoms with Crippen molar-refractivity contribution in [2.75, 3.05) is 5.32 Å². The van der Waals surface area contributed by atoms with Crippen LogP contribution in [-0.2, 0) is 22.4 Å². The second-order valence-electron chi connectivity index (χ2n) is 3.81. The number of amides is 1. The monoisotopic (exact) mass is 203 g/mol. The molecule has 0 aliphatic carbocycles. The Morgan fingerprint density at radius 3 is 2.93 bits per heavy atom. The summed E-state index contributed by atoms with van der Waals surface area (Å²) in [5.74, 6) is 0.0587. The van der Waals surface area contributed by atoms with Gasteiger partial charge in [-0.05, 0) is 36.1 Å². The van der Waals surface area contributed by atoms with E-state index in [4.69, 9.17) is 0 Å². The fourth-order valence-corrected chi connectivity index (χ4v) is 2.03. The number of carbonyl (C=O) groups is 2. The van der Waals surface area contributed by atoms with Crippen LogP contribution in [0.5, 0.6) is 0 Å². The van der Waals surface area contributed by atoms with Crippen molar-refractivity contribution in [2.45, 2.75) is 26.2 Å². The smallest absolute Gasteiger partial charge is 0.224 e. The molecule has 0 atom stereocenters. The molecular weight excluding hydrogens is 190 g/mol. The van der Waals surface area contributed by atoms with Gasteiger partial charge in [-0.15, -0.1) is 0 Å². The minimum absolute atomic E-state index is 0.0587. The van der Waals surface area contributed by atoms with Crippen LogP contribution in [-0.4, -0.2) is 12.2 Å². The Bertz CT molecular complexity index is 424. The lowest BCUT2D eigenvalue weighted by atomic mass is 9.92. The van der Waals surface area contributed by atoms with Gasteiger partial charge in [-0.25, -0.2) is 0 Å². The van der Waals surface area contributed by atoms with Gasteiger partial charge in [0.25, 0.3) is 0 Å². The average Bonchev–Trinajstić information content (AvgIpc) is 2.22. The summed E-state index contributed by atoms with van der Waals surface area (Å²) in [6.07, 6.45) is 2.61. The molecule has 1 amide bonds. The van der Waals surface area contributed by atoms with E-state index in [2.05, 4.69) is 5.32 Å². The molecule has 0 unspecified atom stereocenters. The summed E-state index contributed by atoms with van der Waals surface area (Å²) < 4.78 is 0. The summed E-state index contributed by atoms with van der Waals surface area (Å²) >= 11 is 0. The van der Waals surface area contributed by atoms with Gasteiger partial charge in [0.2, 0.25) is 5.91 Å². The normalized spacial score (nSPS) is 14.3. The van der Waals surface area contributed by atoms with Gasteiger partial charge in [-0.2, -0.15) is 0 Å². The zero-order valence-corrected chi connectivity index (χ0v) is 8.67. The largest absolute Gasteiger partial charge is 0.326 e. The fraction of sp³-hybridized carbons (Fsp3) is 0.333. The summed E-state index contributed by atoms with van der Waals surface area (Å²) in [5.41, 5.74) is 4.19. The molecule has 0 fully saturated rings. The van der Waals surface area contributed by atoms with Crippen LogP contribution in [0.2, 0.25) is 0 Å². The van der Waals surface area contributed by atoms with Gasteiger partial charge in [0.15, 0.2) is 0 Å². The van der Waals surface area contributed by atoms with E-state index in [0.29, 0.717) is 12.8 Å². The summed E-state index contributed by atoms with van der Waals surface area (Å²) in [4.78, 5) is 21.8. The highest BCUT2D eigenvalue weighted by Crippen LogP contribution is 2.28. The number of rotatable bonds is 2. The third kappa shape index (κ3) is 1.77. The second kappa shape index (κ2) is 3.85. The van der Waals surface area contributed by atoms with Crippen molar-refractivity contribution >= 4 is 17.9 Å². The highest BCUT2D eigenvalue weighted by atomic mass is 16.1. The Morgan fingerprint density at radius 2 is 2.20 bits per heavy atom. The first kappa shape index (κ1) is 9.90. The molecule has 1 heterocycles. The first-order valence-corrected chi connectivity index (χ1v) is 5.07. The van der Waals surface area contributed by atoms with E-state index in [9.17, 15) is 9.59 Å². The zero-order chi connectivity index (χ0) is 10.8. The molecule has 1 aliphatic heterocycles. The number of aryl methyl sites for hydroxylation is 1. The molecule has 1 aromatic carbocycles. The number of anilines is 1. The van der Waals surface area contributed by atoms with Gasteiger partial charge in [0.1, 0.15) is 6.29 Å². The molecule has 0 aromatic heterocycles. The van der Waals surface area contributed by atoms with E-state index in [1.165, 1.54) is 0 Å². The SMILES string of the molecule is Cc1ccc2c(c1CC=O)CCC(=O)N2. The van der Waals surface area contributed by atoms with Crippen LogP contribution in [0.15, 0.2) is 12.1 Å². The molecule has 2 rings (SSSR count). The predicted molar refractivity (Wildman–Crippen MR) is 57.9 cm³/mol. The number of aldehydes is 1. The Morgan fingerprint density at radius 1 is 1.40 bits per heavy atom. The summed E-state index contributed by atoms with van der Waals surface area (Å²) in [6.45, 7) is 2.00. The molecule has 0 bridgehead atoms. The summed E-state index contributed by atoms with van der Waals surface area (Å²) in [7, 11) is 0. The third-order valence-corrected chi connectivity index (χ3v) is 2.83. The average molecular weight is 203 g/mol. The van der Waals surface area contributed by atoms with Crippen molar-refractivity contribution < 1.29 is 9.59 Å². The van der Waals surface area contributed by atoms with Crippen molar-refractivity contribution in [2.24, 2.45) is 0 Å². The van der Waals surface area contributed by atoms with E-state index < -0.39 is 0 Å². The Balaban J connectivity index is 2.49. The molecule has 0 spiro atoms. The highest BCUT2D eigenvalue weighted by molar-refractivity contribution is 5.94. The Kier molecular flexibility index (Phi) is 2.54. The number of nitrogens with one attached hydrogen (secondary N) is 1. The maximum atomic E-state index is 11.2. The van der Waals surface area contributed by atoms with Crippen LogP contribution in [0.1, 0.15) is 23.1 Å². The topological polar surface area (TPSA) is 46.2 Å². The van der Waals surface area contributed by atoms with Gasteiger partial charge in [0.05, 0.1) is 0 Å². The van der Waals surface area contributed by atoms with Crippen molar-refractivity contribution in [3.05, 3.63) is 28.8 Å². The van der Waals surface area contributed by atoms with Crippen molar-refractivity contribution in [1.29, 1.82) is 0 Å². The standard InChI is InChI=1S/C12H13NO2/c1-8-2-4-11-10(9(8)6-7-14)3-5-12(15)13-11/h2,4,7H,3,5-6H2,1H3,(H,13,15). The zero-order valence-electron chi connectivity index (χ0n) is 8.67. The molecule has 3 heteroatoms. The number of carbonyl (C=O) groups excluding carboxylic acids is 2. The highest BCUT2D eigenvalue weighted by Gasteiger charge is 2.18. The lowest BCUT2D eigenvalue weighted by molar-refractivity contribution is -0.116. The molecule has 1 aromatic rings. The molecule has 3 nitrogen and oxygen atoms in total. The maximum Gasteiger partial charge on any atom is 0.224 e. The van der Waals surface area contributed by atoms with E-state index in [1.54, 1.807) is 0 Å². The molecule has 78 valence electrons. The number of hydrogen-bond acceptors (Lipinski definition) is 2. The predicted octanol–water partition coefficient (Wildman–Crippen LogP) is 1.62. The van der Waals surface area contributed by atoms with Gasteiger partial charge >= 0.3 is 0 Å². The van der Waals surface area contributed by atoms with Gasteiger partial charge in [0, 0.05) is 18.5 Å². The molecule has 15 heavy (non-hydrogen) atoms. The van der Waals surface area contributed by atoms with E-state index in [0.717, 1.165) is 35.1 Å². The van der Waals surface area contributed by atoms with Crippen LogP contribution in [0.3, 0.4) is 0 Å². The number of benzene rings is 1. The van der Waals surface area contributed by atoms with Crippen LogP contribution in [0.4, 0.5) is 5.69 Å². The first-order chi connectivity index (χ1) is 7.22. The van der Waals surface area contributed by atoms with Crippen molar-refractivity contribution in [3.8, 4) is 0 Å². The molecular formula is C12H13NO2. The number of fused-ring (bicyclic) bond motifs is 1. The Hall–Kier alpha value is -1.64. The number of hydrogen-bond donors (Lipinski definition) is 1. The first-order valence-electron chi connectivity index (χ1n) is 5.07. The van der Waals surface area contributed by atoms with Crippen molar-refractivity contribution in [1.82, 2.24) is 0 Å². The van der Waals surface area contributed by atoms with Gasteiger partial charge in [-0.1, -0.05) is 6.07 Å². The molecule has 1 N–H and O–H groups in total. The fourth-order valence-electron chi connectivity index (χ4n) is 2.03. The quantitative estimate of drug-likeness (QED) is 0.742. The van der Waals surface area contributed by atoms with Gasteiger partial charge < -0.3 is 10.1 Å². The van der Waals surface area contributed by atoms with E-state index in [1.807, 2.05) is 19.1 Å². The molecule has 0 saturated heterocycles. The van der Waals surface area contributed by atoms with Crippen LogP contribution < -0.4 is 5.32 Å². The Labute approximate surface area is 88.5 Å². The molecule has 0 radical (unpaired) electrons.